The minimum atomic E-state index is -4.60. The lowest BCUT2D eigenvalue weighted by molar-refractivity contribution is -0.136. The van der Waals surface area contributed by atoms with Crippen LogP contribution in [0.5, 0.6) is 0 Å². The second kappa shape index (κ2) is 13.7. The standard InChI is InChI=1S/C59H37F3N2O/c1-36-29-32-39(33-30-36)64(52-28-14-22-44-43-21-13-25-48(59(60,61)62)56(43)65-57(44)52)53-35-49-55(42-20-8-7-19-41(42)53)54-40-18-6-5-15-37(40)31-34-47(54)58(49)45-23-9-11-26-50(45)63(38-16-3-2-4-17-38)51-27-12-10-24-46(51)58/h2-35H,1H3. The predicted molar refractivity (Wildman–Crippen MR) is 259 cm³/mol. The third-order valence-electron chi connectivity index (χ3n) is 13.7. The fraction of sp³-hybridized carbons (Fsp3) is 0.0508. The summed E-state index contributed by atoms with van der Waals surface area (Å²) in [7, 11) is 0. The fourth-order valence-electron chi connectivity index (χ4n) is 11.1. The Hall–Kier alpha value is -8.09. The van der Waals surface area contributed by atoms with Gasteiger partial charge in [0.05, 0.1) is 33.7 Å². The largest absolute Gasteiger partial charge is 0.453 e. The van der Waals surface area contributed by atoms with Gasteiger partial charge in [0.15, 0.2) is 5.58 Å². The molecule has 13 rings (SSSR count). The molecule has 0 amide bonds. The number of nitrogens with zero attached hydrogens (tertiary/aromatic N) is 2. The summed E-state index contributed by atoms with van der Waals surface area (Å²) in [6.07, 6.45) is -4.60. The number of aryl methyl sites for hydroxylation is 1. The quantitative estimate of drug-likeness (QED) is 0.176. The van der Waals surface area contributed by atoms with Gasteiger partial charge in [-0.1, -0.05) is 157 Å². The summed E-state index contributed by atoms with van der Waals surface area (Å²) >= 11 is 0. The van der Waals surface area contributed by atoms with Crippen LogP contribution in [0.3, 0.4) is 0 Å². The van der Waals surface area contributed by atoms with Crippen molar-refractivity contribution in [1.82, 2.24) is 0 Å². The molecule has 0 saturated carbocycles. The molecule has 10 aromatic carbocycles. The molecule has 1 aliphatic carbocycles. The second-order valence-electron chi connectivity index (χ2n) is 17.1. The third kappa shape index (κ3) is 5.19. The van der Waals surface area contributed by atoms with Crippen LogP contribution in [-0.4, -0.2) is 0 Å². The lowest BCUT2D eigenvalue weighted by Crippen LogP contribution is -2.36. The Morgan fingerprint density at radius 3 is 1.77 bits per heavy atom. The third-order valence-corrected chi connectivity index (χ3v) is 13.7. The van der Waals surface area contributed by atoms with E-state index in [1.54, 1.807) is 6.07 Å². The first-order chi connectivity index (χ1) is 31.8. The normalized spacial score (nSPS) is 13.6. The zero-order chi connectivity index (χ0) is 43.6. The Balaban J connectivity index is 1.20. The van der Waals surface area contributed by atoms with E-state index in [0.717, 1.165) is 78.5 Å². The molecule has 2 heterocycles. The predicted octanol–water partition coefficient (Wildman–Crippen LogP) is 16.8. The van der Waals surface area contributed by atoms with E-state index in [1.807, 2.05) is 18.2 Å². The molecule has 0 fully saturated rings. The number of furan rings is 1. The van der Waals surface area contributed by atoms with Crippen LogP contribution in [0.25, 0.3) is 54.6 Å². The van der Waals surface area contributed by atoms with Crippen molar-refractivity contribution >= 4 is 77.6 Å². The van der Waals surface area contributed by atoms with Crippen molar-refractivity contribution < 1.29 is 17.6 Å². The van der Waals surface area contributed by atoms with Crippen molar-refractivity contribution in [3.8, 4) is 11.1 Å². The van der Waals surface area contributed by atoms with Crippen LogP contribution >= 0.6 is 0 Å². The minimum Gasteiger partial charge on any atom is -0.453 e. The van der Waals surface area contributed by atoms with E-state index in [-0.39, 0.29) is 5.58 Å². The van der Waals surface area contributed by atoms with Crippen molar-refractivity contribution in [3.63, 3.8) is 0 Å². The van der Waals surface area contributed by atoms with Crippen LogP contribution < -0.4 is 9.80 Å². The highest BCUT2D eigenvalue weighted by atomic mass is 19.4. The van der Waals surface area contributed by atoms with E-state index in [1.165, 1.54) is 22.6 Å². The Morgan fingerprint density at radius 2 is 1.05 bits per heavy atom. The number of para-hydroxylation sites is 5. The van der Waals surface area contributed by atoms with E-state index >= 15 is 0 Å². The topological polar surface area (TPSA) is 19.6 Å². The number of alkyl halides is 3. The van der Waals surface area contributed by atoms with E-state index in [9.17, 15) is 13.2 Å². The lowest BCUT2D eigenvalue weighted by Gasteiger charge is -2.45. The molecule has 1 aliphatic heterocycles. The number of hydrogen-bond donors (Lipinski definition) is 0. The molecular formula is C59H37F3N2O. The first kappa shape index (κ1) is 37.5. The molecule has 0 radical (unpaired) electrons. The number of fused-ring (bicyclic) bond motifs is 16. The molecule has 11 aromatic rings. The SMILES string of the molecule is Cc1ccc(N(c2cc3c(c4ccccc24)-c2c(ccc4ccccc24)C32c3ccccc3N(c3ccccc3)c3ccccc32)c2cccc3c2oc2c(C(F)(F)F)cccc23)cc1. The van der Waals surface area contributed by atoms with Crippen LogP contribution in [0.1, 0.15) is 33.4 Å². The maximum absolute atomic E-state index is 14.6. The van der Waals surface area contributed by atoms with Crippen LogP contribution in [0.4, 0.5) is 47.3 Å². The van der Waals surface area contributed by atoms with Gasteiger partial charge in [-0.2, -0.15) is 13.2 Å². The van der Waals surface area contributed by atoms with E-state index in [2.05, 4.69) is 187 Å². The van der Waals surface area contributed by atoms with Crippen molar-refractivity contribution in [2.75, 3.05) is 9.80 Å². The molecule has 65 heavy (non-hydrogen) atoms. The molecule has 2 aliphatic rings. The summed E-state index contributed by atoms with van der Waals surface area (Å²) in [6, 6.07) is 70.6. The van der Waals surface area contributed by atoms with Crippen LogP contribution in [0.15, 0.2) is 211 Å². The zero-order valence-electron chi connectivity index (χ0n) is 35.1. The van der Waals surface area contributed by atoms with E-state index in [4.69, 9.17) is 4.42 Å². The Morgan fingerprint density at radius 1 is 0.462 bits per heavy atom. The fourth-order valence-corrected chi connectivity index (χ4v) is 11.1. The molecular weight excluding hydrogens is 810 g/mol. The van der Waals surface area contributed by atoms with Gasteiger partial charge in [0, 0.05) is 27.5 Å². The van der Waals surface area contributed by atoms with Gasteiger partial charge < -0.3 is 14.2 Å². The van der Waals surface area contributed by atoms with Crippen molar-refractivity contribution in [3.05, 3.63) is 240 Å². The van der Waals surface area contributed by atoms with E-state index in [0.29, 0.717) is 22.0 Å². The second-order valence-corrected chi connectivity index (χ2v) is 17.1. The number of hydrogen-bond acceptors (Lipinski definition) is 3. The molecule has 0 saturated heterocycles. The summed E-state index contributed by atoms with van der Waals surface area (Å²) in [5.41, 5.74) is 12.3. The number of benzene rings is 10. The smallest absolute Gasteiger partial charge is 0.420 e. The molecule has 0 unspecified atom stereocenters. The van der Waals surface area contributed by atoms with Crippen LogP contribution in [-0.2, 0) is 11.6 Å². The molecule has 1 aromatic heterocycles. The first-order valence-electron chi connectivity index (χ1n) is 21.8. The summed E-state index contributed by atoms with van der Waals surface area (Å²) in [4.78, 5) is 4.57. The number of anilines is 6. The van der Waals surface area contributed by atoms with Crippen molar-refractivity contribution in [1.29, 1.82) is 0 Å². The van der Waals surface area contributed by atoms with Gasteiger partial charge in [-0.3, -0.25) is 0 Å². The number of rotatable bonds is 4. The maximum atomic E-state index is 14.6. The molecule has 3 nitrogen and oxygen atoms in total. The average molecular weight is 847 g/mol. The first-order valence-corrected chi connectivity index (χ1v) is 21.8. The zero-order valence-corrected chi connectivity index (χ0v) is 35.1. The highest BCUT2D eigenvalue weighted by Crippen LogP contribution is 2.66. The average Bonchev–Trinajstić information content (AvgIpc) is 3.87. The van der Waals surface area contributed by atoms with Gasteiger partial charge in [-0.25, -0.2) is 0 Å². The molecule has 0 N–H and O–H groups in total. The van der Waals surface area contributed by atoms with Crippen molar-refractivity contribution in [2.24, 2.45) is 0 Å². The van der Waals surface area contributed by atoms with Gasteiger partial charge in [0.2, 0.25) is 0 Å². The maximum Gasteiger partial charge on any atom is 0.420 e. The van der Waals surface area contributed by atoms with Gasteiger partial charge in [-0.05, 0) is 111 Å². The Kier molecular flexibility index (Phi) is 7.90. The Bertz CT molecular complexity index is 3690. The van der Waals surface area contributed by atoms with Crippen molar-refractivity contribution in [2.45, 2.75) is 18.5 Å². The highest BCUT2D eigenvalue weighted by Gasteiger charge is 2.53. The monoisotopic (exact) mass is 846 g/mol. The highest BCUT2D eigenvalue weighted by molar-refractivity contribution is 6.18. The number of halogens is 3. The van der Waals surface area contributed by atoms with Crippen LogP contribution in [0, 0.1) is 6.92 Å². The summed E-state index contributed by atoms with van der Waals surface area (Å²) < 4.78 is 50.3. The van der Waals surface area contributed by atoms with Gasteiger partial charge in [-0.15, -0.1) is 0 Å². The molecule has 0 atom stereocenters. The minimum absolute atomic E-state index is 0.176. The molecule has 310 valence electrons. The molecule has 0 bridgehead atoms. The molecule has 6 heteroatoms. The van der Waals surface area contributed by atoms with Crippen LogP contribution in [0.2, 0.25) is 0 Å². The lowest BCUT2D eigenvalue weighted by atomic mass is 9.64. The summed E-state index contributed by atoms with van der Waals surface area (Å²) in [5.74, 6) is 0. The Labute approximate surface area is 372 Å². The van der Waals surface area contributed by atoms with Gasteiger partial charge in [0.25, 0.3) is 0 Å². The summed E-state index contributed by atoms with van der Waals surface area (Å²) in [6.45, 7) is 2.06. The summed E-state index contributed by atoms with van der Waals surface area (Å²) in [5, 5.41) is 5.42. The molecule has 1 spiro atoms. The van der Waals surface area contributed by atoms with Gasteiger partial charge >= 0.3 is 6.18 Å². The van der Waals surface area contributed by atoms with Gasteiger partial charge in [0.1, 0.15) is 5.58 Å². The van der Waals surface area contributed by atoms with E-state index < -0.39 is 17.2 Å².